The predicted molar refractivity (Wildman–Crippen MR) is 85.6 cm³/mol. The fourth-order valence-electron chi connectivity index (χ4n) is 2.32. The molecule has 4 heteroatoms. The van der Waals surface area contributed by atoms with Gasteiger partial charge in [0.25, 0.3) is 0 Å². The Morgan fingerprint density at radius 1 is 1.19 bits per heavy atom. The predicted octanol–water partition coefficient (Wildman–Crippen LogP) is 3.30. The molecule has 0 aliphatic heterocycles. The highest BCUT2D eigenvalue weighted by molar-refractivity contribution is 5.34. The van der Waals surface area contributed by atoms with Crippen LogP contribution in [0.2, 0.25) is 0 Å². The van der Waals surface area contributed by atoms with Gasteiger partial charge in [-0.3, -0.25) is 4.68 Å². The van der Waals surface area contributed by atoms with Crippen LogP contribution in [-0.2, 0) is 7.05 Å². The molecular formula is C17H25N3O. The lowest BCUT2D eigenvalue weighted by Gasteiger charge is -2.18. The largest absolute Gasteiger partial charge is 0.491 e. The molecule has 0 bridgehead atoms. The van der Waals surface area contributed by atoms with Gasteiger partial charge in [0, 0.05) is 18.8 Å². The van der Waals surface area contributed by atoms with Crippen LogP contribution in [0.5, 0.6) is 5.75 Å². The summed E-state index contributed by atoms with van der Waals surface area (Å²) < 4.78 is 7.54. The second-order valence-corrected chi connectivity index (χ2v) is 5.57. The number of aromatic nitrogens is 2. The molecule has 0 aliphatic carbocycles. The topological polar surface area (TPSA) is 39.1 Å². The first kappa shape index (κ1) is 15.6. The van der Waals surface area contributed by atoms with Gasteiger partial charge in [-0.15, -0.1) is 0 Å². The van der Waals surface area contributed by atoms with E-state index in [1.54, 1.807) is 0 Å². The zero-order chi connectivity index (χ0) is 15.2. The molecule has 114 valence electrons. The van der Waals surface area contributed by atoms with Gasteiger partial charge in [0.2, 0.25) is 0 Å². The Hall–Kier alpha value is -1.81. The van der Waals surface area contributed by atoms with Crippen molar-refractivity contribution in [1.82, 2.24) is 15.1 Å². The molecule has 4 nitrogen and oxygen atoms in total. The SMILES string of the molecule is CCCNC(c1ccc(OC(C)C)cc1)c1cnn(C)c1. The smallest absolute Gasteiger partial charge is 0.119 e. The first-order chi connectivity index (χ1) is 10.1. The highest BCUT2D eigenvalue weighted by atomic mass is 16.5. The zero-order valence-corrected chi connectivity index (χ0v) is 13.3. The lowest BCUT2D eigenvalue weighted by atomic mass is 10.0. The summed E-state index contributed by atoms with van der Waals surface area (Å²) in [6.07, 6.45) is 5.28. The van der Waals surface area contributed by atoms with E-state index in [0.717, 1.165) is 18.7 Å². The van der Waals surface area contributed by atoms with E-state index in [1.165, 1.54) is 11.1 Å². The summed E-state index contributed by atoms with van der Waals surface area (Å²) in [6.45, 7) is 7.22. The molecule has 0 saturated carbocycles. The van der Waals surface area contributed by atoms with Crippen molar-refractivity contribution in [1.29, 1.82) is 0 Å². The molecule has 1 unspecified atom stereocenters. The maximum Gasteiger partial charge on any atom is 0.119 e. The Bertz CT molecular complexity index is 545. The second-order valence-electron chi connectivity index (χ2n) is 5.57. The molecule has 0 aliphatic rings. The Labute approximate surface area is 127 Å². The highest BCUT2D eigenvalue weighted by Crippen LogP contribution is 2.24. The first-order valence-electron chi connectivity index (χ1n) is 7.58. The summed E-state index contributed by atoms with van der Waals surface area (Å²) in [5, 5.41) is 7.86. The number of ether oxygens (including phenoxy) is 1. The molecule has 0 fully saturated rings. The minimum atomic E-state index is 0.173. The minimum absolute atomic E-state index is 0.173. The summed E-state index contributed by atoms with van der Waals surface area (Å²) in [5.74, 6) is 0.911. The lowest BCUT2D eigenvalue weighted by Crippen LogP contribution is -2.22. The van der Waals surface area contributed by atoms with Crippen molar-refractivity contribution in [3.8, 4) is 5.75 Å². The van der Waals surface area contributed by atoms with Gasteiger partial charge in [-0.2, -0.15) is 5.10 Å². The average molecular weight is 287 g/mol. The van der Waals surface area contributed by atoms with Crippen LogP contribution in [0.3, 0.4) is 0 Å². The van der Waals surface area contributed by atoms with Crippen LogP contribution in [0.4, 0.5) is 0 Å². The molecule has 0 radical (unpaired) electrons. The van der Waals surface area contributed by atoms with E-state index in [2.05, 4.69) is 35.7 Å². The van der Waals surface area contributed by atoms with Crippen LogP contribution >= 0.6 is 0 Å². The molecule has 0 amide bonds. The fraction of sp³-hybridized carbons (Fsp3) is 0.471. The number of nitrogens with one attached hydrogen (secondary N) is 1. The fourth-order valence-corrected chi connectivity index (χ4v) is 2.32. The molecule has 1 aromatic carbocycles. The van der Waals surface area contributed by atoms with Gasteiger partial charge in [-0.1, -0.05) is 19.1 Å². The molecule has 1 atom stereocenters. The van der Waals surface area contributed by atoms with E-state index >= 15 is 0 Å². The lowest BCUT2D eigenvalue weighted by molar-refractivity contribution is 0.242. The van der Waals surface area contributed by atoms with Crippen LogP contribution in [0, 0.1) is 0 Å². The van der Waals surface area contributed by atoms with Gasteiger partial charge in [-0.05, 0) is 44.5 Å². The third-order valence-electron chi connectivity index (χ3n) is 3.24. The second kappa shape index (κ2) is 7.27. The van der Waals surface area contributed by atoms with Gasteiger partial charge >= 0.3 is 0 Å². The number of rotatable bonds is 7. The van der Waals surface area contributed by atoms with Crippen molar-refractivity contribution in [2.45, 2.75) is 39.3 Å². The molecule has 1 aromatic heterocycles. The van der Waals surface area contributed by atoms with Crippen molar-refractivity contribution in [2.75, 3.05) is 6.54 Å². The van der Waals surface area contributed by atoms with E-state index in [9.17, 15) is 0 Å². The van der Waals surface area contributed by atoms with Crippen LogP contribution in [0.25, 0.3) is 0 Å². The molecule has 2 aromatic rings. The summed E-state index contributed by atoms with van der Waals surface area (Å²) in [7, 11) is 1.94. The third-order valence-corrected chi connectivity index (χ3v) is 3.24. The van der Waals surface area contributed by atoms with Crippen LogP contribution in [0.15, 0.2) is 36.7 Å². The third kappa shape index (κ3) is 4.33. The van der Waals surface area contributed by atoms with Gasteiger partial charge in [0.15, 0.2) is 0 Å². The number of hydrogen-bond acceptors (Lipinski definition) is 3. The number of benzene rings is 1. The minimum Gasteiger partial charge on any atom is -0.491 e. The van der Waals surface area contributed by atoms with Crippen molar-refractivity contribution in [3.05, 3.63) is 47.8 Å². The van der Waals surface area contributed by atoms with Crippen LogP contribution in [0.1, 0.15) is 44.4 Å². The van der Waals surface area contributed by atoms with Crippen molar-refractivity contribution >= 4 is 0 Å². The van der Waals surface area contributed by atoms with E-state index < -0.39 is 0 Å². The molecule has 21 heavy (non-hydrogen) atoms. The first-order valence-corrected chi connectivity index (χ1v) is 7.58. The molecule has 1 heterocycles. The quantitative estimate of drug-likeness (QED) is 0.849. The van der Waals surface area contributed by atoms with Crippen molar-refractivity contribution in [2.24, 2.45) is 7.05 Å². The van der Waals surface area contributed by atoms with E-state index in [4.69, 9.17) is 4.74 Å². The van der Waals surface area contributed by atoms with Gasteiger partial charge in [0.05, 0.1) is 18.3 Å². The standard InChI is InChI=1S/C17H25N3O/c1-5-10-18-17(15-11-19-20(4)12-15)14-6-8-16(9-7-14)21-13(2)3/h6-9,11-13,17-18H,5,10H2,1-4H3. The Morgan fingerprint density at radius 2 is 1.90 bits per heavy atom. The normalized spacial score (nSPS) is 12.6. The Kier molecular flexibility index (Phi) is 5.39. The average Bonchev–Trinajstić information content (AvgIpc) is 2.87. The van der Waals surface area contributed by atoms with E-state index in [-0.39, 0.29) is 12.1 Å². The van der Waals surface area contributed by atoms with Gasteiger partial charge in [0.1, 0.15) is 5.75 Å². The van der Waals surface area contributed by atoms with Crippen LogP contribution < -0.4 is 10.1 Å². The summed E-state index contributed by atoms with van der Waals surface area (Å²) in [4.78, 5) is 0. The molecule has 0 saturated heterocycles. The Balaban J connectivity index is 2.20. The number of nitrogens with zero attached hydrogens (tertiary/aromatic N) is 2. The van der Waals surface area contributed by atoms with Crippen molar-refractivity contribution < 1.29 is 4.74 Å². The molecule has 1 N–H and O–H groups in total. The van der Waals surface area contributed by atoms with Crippen molar-refractivity contribution in [3.63, 3.8) is 0 Å². The molecule has 0 spiro atoms. The maximum absolute atomic E-state index is 5.70. The highest BCUT2D eigenvalue weighted by Gasteiger charge is 2.15. The number of aryl methyl sites for hydroxylation is 1. The van der Waals surface area contributed by atoms with Gasteiger partial charge < -0.3 is 10.1 Å². The van der Waals surface area contributed by atoms with E-state index in [1.807, 2.05) is 43.9 Å². The summed E-state index contributed by atoms with van der Waals surface area (Å²) in [5.41, 5.74) is 2.41. The van der Waals surface area contributed by atoms with E-state index in [0.29, 0.717) is 0 Å². The summed E-state index contributed by atoms with van der Waals surface area (Å²) >= 11 is 0. The Morgan fingerprint density at radius 3 is 2.43 bits per heavy atom. The van der Waals surface area contributed by atoms with Crippen LogP contribution in [-0.4, -0.2) is 22.4 Å². The monoisotopic (exact) mass is 287 g/mol. The molecule has 2 rings (SSSR count). The molecular weight excluding hydrogens is 262 g/mol. The van der Waals surface area contributed by atoms with Gasteiger partial charge in [-0.25, -0.2) is 0 Å². The number of hydrogen-bond donors (Lipinski definition) is 1. The maximum atomic E-state index is 5.70. The summed E-state index contributed by atoms with van der Waals surface area (Å²) in [6, 6.07) is 8.49. The zero-order valence-electron chi connectivity index (χ0n) is 13.3.